The largest absolute Gasteiger partial charge is 0.444 e. The van der Waals surface area contributed by atoms with Crippen LogP contribution in [0.3, 0.4) is 0 Å². The molecule has 4 aromatic rings. The van der Waals surface area contributed by atoms with Gasteiger partial charge in [0.1, 0.15) is 11.2 Å². The van der Waals surface area contributed by atoms with Crippen molar-refractivity contribution in [3.05, 3.63) is 60.4 Å². The van der Waals surface area contributed by atoms with Crippen molar-refractivity contribution in [2.45, 2.75) is 65.6 Å². The van der Waals surface area contributed by atoms with Crippen molar-refractivity contribution < 1.29 is 19.1 Å². The average molecular weight is 523 g/mol. The van der Waals surface area contributed by atoms with Crippen LogP contribution in [0.2, 0.25) is 0 Å². The molecule has 0 unspecified atom stereocenters. The van der Waals surface area contributed by atoms with Gasteiger partial charge in [-0.1, -0.05) is 0 Å². The summed E-state index contributed by atoms with van der Waals surface area (Å²) in [5.74, 6) is 0. The first-order chi connectivity index (χ1) is 17.9. The molecule has 0 aliphatic carbocycles. The number of nitrogens with zero attached hydrogens (tertiary/aromatic N) is 2. The van der Waals surface area contributed by atoms with Crippen LogP contribution >= 0.6 is 0 Å². The van der Waals surface area contributed by atoms with Gasteiger partial charge in [0, 0.05) is 48.6 Å². The second kappa shape index (κ2) is 12.4. The Kier molecular flexibility index (Phi) is 9.33. The van der Waals surface area contributed by atoms with Crippen molar-refractivity contribution in [1.82, 2.24) is 30.6 Å². The SMILES string of the molecule is CC(C)(C)OC(=O)NCCc1c[nH]c2cnccc12.CC(C)(C)OC(=O)NCCc1c[nH]c2cnccc12. The molecule has 0 spiro atoms. The van der Waals surface area contributed by atoms with E-state index in [1.54, 1.807) is 24.8 Å². The number of ether oxygens (including phenoxy) is 2. The van der Waals surface area contributed by atoms with Gasteiger partial charge >= 0.3 is 12.2 Å². The fourth-order valence-electron chi connectivity index (χ4n) is 3.70. The maximum Gasteiger partial charge on any atom is 0.407 e. The lowest BCUT2D eigenvalue weighted by Gasteiger charge is -2.19. The second-order valence-electron chi connectivity index (χ2n) is 10.8. The van der Waals surface area contributed by atoms with E-state index < -0.39 is 11.2 Å². The molecule has 204 valence electrons. The lowest BCUT2D eigenvalue weighted by molar-refractivity contribution is 0.0517. The van der Waals surface area contributed by atoms with Gasteiger partial charge in [-0.2, -0.15) is 0 Å². The minimum Gasteiger partial charge on any atom is -0.444 e. The molecule has 0 radical (unpaired) electrons. The Hall–Kier alpha value is -4.08. The third-order valence-electron chi connectivity index (χ3n) is 5.26. The van der Waals surface area contributed by atoms with Crippen LogP contribution in [0.4, 0.5) is 9.59 Å². The number of carbonyl (C=O) groups is 2. The summed E-state index contributed by atoms with van der Waals surface area (Å²) in [6.07, 6.45) is 11.8. The van der Waals surface area contributed by atoms with E-state index in [1.807, 2.05) is 66.1 Å². The number of amides is 2. The van der Waals surface area contributed by atoms with Crippen LogP contribution in [-0.4, -0.2) is 56.4 Å². The van der Waals surface area contributed by atoms with Crippen molar-refractivity contribution in [3.8, 4) is 0 Å². The zero-order chi connectivity index (χ0) is 27.8. The van der Waals surface area contributed by atoms with Gasteiger partial charge in [-0.25, -0.2) is 9.59 Å². The number of nitrogens with one attached hydrogen (secondary N) is 4. The minimum atomic E-state index is -0.462. The fraction of sp³-hybridized carbons (Fsp3) is 0.429. The normalized spacial score (nSPS) is 11.5. The summed E-state index contributed by atoms with van der Waals surface area (Å²) in [5, 5.41) is 7.78. The monoisotopic (exact) mass is 522 g/mol. The standard InChI is InChI=1S/2C14H19N3O2/c2*1-14(2,3)19-13(18)16-7-4-10-8-17-12-9-15-6-5-11(10)12/h2*5-6,8-9,17H,4,7H2,1-3H3,(H,16,18). The summed E-state index contributed by atoms with van der Waals surface area (Å²) in [4.78, 5) is 37.4. The Morgan fingerprint density at radius 1 is 0.737 bits per heavy atom. The fourth-order valence-corrected chi connectivity index (χ4v) is 3.70. The molecule has 10 heteroatoms. The number of aromatic amines is 2. The Labute approximate surface area is 222 Å². The van der Waals surface area contributed by atoms with E-state index in [1.165, 1.54) is 0 Å². The molecule has 10 nitrogen and oxygen atoms in total. The topological polar surface area (TPSA) is 134 Å². The van der Waals surface area contributed by atoms with Gasteiger partial charge in [0.25, 0.3) is 0 Å². The molecule has 0 aliphatic heterocycles. The smallest absolute Gasteiger partial charge is 0.407 e. The molecule has 0 saturated heterocycles. The molecule has 4 N–H and O–H groups in total. The molecule has 0 aromatic carbocycles. The number of hydrogen-bond donors (Lipinski definition) is 4. The van der Waals surface area contributed by atoms with Crippen molar-refractivity contribution in [1.29, 1.82) is 0 Å². The molecular formula is C28H38N6O4. The number of hydrogen-bond acceptors (Lipinski definition) is 6. The maximum atomic E-state index is 11.5. The first kappa shape index (κ1) is 28.5. The van der Waals surface area contributed by atoms with Gasteiger partial charge in [0.05, 0.1) is 23.4 Å². The van der Waals surface area contributed by atoms with Crippen LogP contribution in [0, 0.1) is 0 Å². The number of carbonyl (C=O) groups excluding carboxylic acids is 2. The van der Waals surface area contributed by atoms with Gasteiger partial charge in [-0.05, 0) is 77.6 Å². The third-order valence-corrected chi connectivity index (χ3v) is 5.26. The van der Waals surface area contributed by atoms with Gasteiger partial charge < -0.3 is 30.1 Å². The van der Waals surface area contributed by atoms with E-state index in [9.17, 15) is 9.59 Å². The Balaban J connectivity index is 0.000000211. The second-order valence-corrected chi connectivity index (χ2v) is 10.8. The summed E-state index contributed by atoms with van der Waals surface area (Å²) in [6.45, 7) is 12.2. The summed E-state index contributed by atoms with van der Waals surface area (Å²) < 4.78 is 10.4. The molecule has 0 atom stereocenters. The van der Waals surface area contributed by atoms with Gasteiger partial charge in [0.2, 0.25) is 0 Å². The predicted octanol–water partition coefficient (Wildman–Crippen LogP) is 5.26. The Morgan fingerprint density at radius 2 is 1.13 bits per heavy atom. The molecule has 0 aliphatic rings. The predicted molar refractivity (Wildman–Crippen MR) is 148 cm³/mol. The van der Waals surface area contributed by atoms with Crippen LogP contribution in [0.25, 0.3) is 21.8 Å². The van der Waals surface area contributed by atoms with E-state index in [0.29, 0.717) is 13.1 Å². The molecule has 4 heterocycles. The first-order valence-electron chi connectivity index (χ1n) is 12.6. The van der Waals surface area contributed by atoms with Crippen LogP contribution < -0.4 is 10.6 Å². The summed E-state index contributed by atoms with van der Waals surface area (Å²) in [7, 11) is 0. The van der Waals surface area contributed by atoms with Gasteiger partial charge in [-0.3, -0.25) is 9.97 Å². The number of pyridine rings is 2. The van der Waals surface area contributed by atoms with E-state index >= 15 is 0 Å². The Morgan fingerprint density at radius 3 is 1.50 bits per heavy atom. The van der Waals surface area contributed by atoms with Crippen LogP contribution in [-0.2, 0) is 22.3 Å². The van der Waals surface area contributed by atoms with E-state index in [-0.39, 0.29) is 12.2 Å². The van der Waals surface area contributed by atoms with Crippen molar-refractivity contribution in [3.63, 3.8) is 0 Å². The van der Waals surface area contributed by atoms with Gasteiger partial charge in [0.15, 0.2) is 0 Å². The number of alkyl carbamates (subject to hydrolysis) is 2. The Bertz CT molecular complexity index is 1240. The number of rotatable bonds is 6. The highest BCUT2D eigenvalue weighted by molar-refractivity contribution is 5.83. The van der Waals surface area contributed by atoms with E-state index in [2.05, 4.69) is 30.6 Å². The van der Waals surface area contributed by atoms with E-state index in [4.69, 9.17) is 9.47 Å². The summed E-state index contributed by atoms with van der Waals surface area (Å²) >= 11 is 0. The molecule has 0 saturated carbocycles. The molecule has 4 rings (SSSR count). The molecule has 4 aromatic heterocycles. The third kappa shape index (κ3) is 9.10. The molecule has 0 fully saturated rings. The van der Waals surface area contributed by atoms with Crippen molar-refractivity contribution >= 4 is 34.0 Å². The number of fused-ring (bicyclic) bond motifs is 2. The lowest BCUT2D eigenvalue weighted by atomic mass is 10.1. The highest BCUT2D eigenvalue weighted by Crippen LogP contribution is 2.17. The number of H-pyrrole nitrogens is 2. The molecule has 38 heavy (non-hydrogen) atoms. The van der Waals surface area contributed by atoms with Crippen LogP contribution in [0.15, 0.2) is 49.3 Å². The highest BCUT2D eigenvalue weighted by atomic mass is 16.6. The summed E-state index contributed by atoms with van der Waals surface area (Å²) in [5.41, 5.74) is 3.42. The van der Waals surface area contributed by atoms with E-state index in [0.717, 1.165) is 45.8 Å². The highest BCUT2D eigenvalue weighted by Gasteiger charge is 2.16. The quantitative estimate of drug-likeness (QED) is 0.273. The zero-order valence-electron chi connectivity index (χ0n) is 23.0. The van der Waals surface area contributed by atoms with Gasteiger partial charge in [-0.15, -0.1) is 0 Å². The molecule has 0 bridgehead atoms. The molecule has 2 amide bonds. The minimum absolute atomic E-state index is 0.381. The first-order valence-corrected chi connectivity index (χ1v) is 12.6. The average Bonchev–Trinajstić information content (AvgIpc) is 3.42. The van der Waals surface area contributed by atoms with Crippen molar-refractivity contribution in [2.75, 3.05) is 13.1 Å². The lowest BCUT2D eigenvalue weighted by Crippen LogP contribution is -2.33. The zero-order valence-corrected chi connectivity index (χ0v) is 23.0. The number of aromatic nitrogens is 4. The van der Waals surface area contributed by atoms with Crippen LogP contribution in [0.5, 0.6) is 0 Å². The molecular weight excluding hydrogens is 484 g/mol. The summed E-state index contributed by atoms with van der Waals surface area (Å²) in [6, 6.07) is 3.93. The van der Waals surface area contributed by atoms with Crippen LogP contribution in [0.1, 0.15) is 52.7 Å². The maximum absolute atomic E-state index is 11.5. The van der Waals surface area contributed by atoms with Crippen molar-refractivity contribution in [2.24, 2.45) is 0 Å².